The van der Waals surface area contributed by atoms with Gasteiger partial charge < -0.3 is 0 Å². The number of hydrogen-bond donors (Lipinski definition) is 0. The highest BCUT2D eigenvalue weighted by atomic mass is 32.2. The van der Waals surface area contributed by atoms with E-state index in [0.29, 0.717) is 6.42 Å². The van der Waals surface area contributed by atoms with E-state index in [1.165, 1.54) is 30.3 Å². The number of rotatable bonds is 4. The summed E-state index contributed by atoms with van der Waals surface area (Å²) in [5.74, 6) is -0.697. The van der Waals surface area contributed by atoms with Crippen molar-refractivity contribution >= 4 is 15.6 Å². The summed E-state index contributed by atoms with van der Waals surface area (Å²) in [5, 5.41) is 11.1. The van der Waals surface area contributed by atoms with Gasteiger partial charge in [-0.05, 0) is 42.3 Å². The molecule has 3 rings (SSSR count). The number of ketones is 1. The third-order valence-corrected chi connectivity index (χ3v) is 5.67. The maximum Gasteiger partial charge on any atom is 0.210 e. The van der Waals surface area contributed by atoms with Gasteiger partial charge in [0.05, 0.1) is 4.90 Å². The van der Waals surface area contributed by atoms with Crippen LogP contribution in [-0.2, 0) is 26.2 Å². The SMILES string of the molecule is [O]c1ccc(S(=O)(=O)C2=CC=C(Cc3ccccc3)CC2=O)cc1. The van der Waals surface area contributed by atoms with E-state index in [1.54, 1.807) is 6.08 Å². The minimum absolute atomic E-state index is 0.0402. The summed E-state index contributed by atoms with van der Waals surface area (Å²) >= 11 is 0. The zero-order valence-corrected chi connectivity index (χ0v) is 13.6. The second-order valence-electron chi connectivity index (χ2n) is 5.59. The molecule has 0 amide bonds. The predicted molar refractivity (Wildman–Crippen MR) is 89.7 cm³/mol. The molecule has 0 N–H and O–H groups in total. The molecule has 1 radical (unpaired) electrons. The normalized spacial score (nSPS) is 14.9. The number of Topliss-reactive ketones (excluding diaryl/α,β-unsaturated/α-hetero) is 1. The minimum Gasteiger partial charge on any atom is -0.293 e. The molecule has 0 unspecified atom stereocenters. The Morgan fingerprint density at radius 1 is 0.875 bits per heavy atom. The van der Waals surface area contributed by atoms with Crippen LogP contribution in [0.15, 0.2) is 82.1 Å². The summed E-state index contributed by atoms with van der Waals surface area (Å²) in [6, 6.07) is 14.5. The molecule has 0 atom stereocenters. The molecule has 0 spiro atoms. The van der Waals surface area contributed by atoms with Crippen molar-refractivity contribution in [1.82, 2.24) is 0 Å². The second kappa shape index (κ2) is 6.45. The van der Waals surface area contributed by atoms with Gasteiger partial charge in [-0.25, -0.2) is 8.42 Å². The van der Waals surface area contributed by atoms with Crippen LogP contribution in [0.2, 0.25) is 0 Å². The van der Waals surface area contributed by atoms with E-state index in [2.05, 4.69) is 0 Å². The molecule has 1 aliphatic carbocycles. The van der Waals surface area contributed by atoms with Crippen LogP contribution in [0.5, 0.6) is 5.75 Å². The lowest BCUT2D eigenvalue weighted by Crippen LogP contribution is -2.17. The molecule has 1 aliphatic rings. The summed E-state index contributed by atoms with van der Waals surface area (Å²) < 4.78 is 25.1. The van der Waals surface area contributed by atoms with E-state index < -0.39 is 15.6 Å². The summed E-state index contributed by atoms with van der Waals surface area (Å²) in [5.41, 5.74) is 1.95. The molecule has 0 aliphatic heterocycles. The van der Waals surface area contributed by atoms with E-state index in [9.17, 15) is 18.3 Å². The van der Waals surface area contributed by atoms with Crippen molar-refractivity contribution in [2.24, 2.45) is 0 Å². The summed E-state index contributed by atoms with van der Waals surface area (Å²) in [7, 11) is -3.90. The Morgan fingerprint density at radius 3 is 2.17 bits per heavy atom. The third kappa shape index (κ3) is 3.31. The molecule has 0 saturated carbocycles. The number of hydrogen-bond acceptors (Lipinski definition) is 3. The average molecular weight is 339 g/mol. The van der Waals surface area contributed by atoms with Crippen molar-refractivity contribution in [2.75, 3.05) is 0 Å². The molecule has 0 bridgehead atoms. The van der Waals surface area contributed by atoms with Crippen LogP contribution < -0.4 is 0 Å². The van der Waals surface area contributed by atoms with Crippen molar-refractivity contribution in [3.63, 3.8) is 0 Å². The number of carbonyl (C=O) groups is 1. The molecule has 4 nitrogen and oxygen atoms in total. The quantitative estimate of drug-likeness (QED) is 0.854. The summed E-state index contributed by atoms with van der Waals surface area (Å²) in [6.07, 6.45) is 3.76. The first-order valence-electron chi connectivity index (χ1n) is 7.46. The lowest BCUT2D eigenvalue weighted by molar-refractivity contribution is -0.114. The molecule has 0 fully saturated rings. The van der Waals surface area contributed by atoms with Crippen molar-refractivity contribution in [3.05, 3.63) is 82.8 Å². The molecular formula is C19H15O4S. The maximum atomic E-state index is 12.6. The Morgan fingerprint density at radius 2 is 1.54 bits per heavy atom. The van der Waals surface area contributed by atoms with Crippen LogP contribution in [0.4, 0.5) is 0 Å². The topological polar surface area (TPSA) is 71.1 Å². The van der Waals surface area contributed by atoms with E-state index in [1.807, 2.05) is 30.3 Å². The van der Waals surface area contributed by atoms with Crippen molar-refractivity contribution in [3.8, 4) is 5.75 Å². The summed E-state index contributed by atoms with van der Waals surface area (Å²) in [6.45, 7) is 0. The van der Waals surface area contributed by atoms with Gasteiger partial charge in [0.25, 0.3) is 0 Å². The second-order valence-corrected chi connectivity index (χ2v) is 7.51. The highest BCUT2D eigenvalue weighted by Gasteiger charge is 2.28. The highest BCUT2D eigenvalue weighted by Crippen LogP contribution is 2.27. The van der Waals surface area contributed by atoms with Gasteiger partial charge in [-0.3, -0.25) is 9.90 Å². The number of benzene rings is 2. The Balaban J connectivity index is 1.89. The van der Waals surface area contributed by atoms with Crippen LogP contribution >= 0.6 is 0 Å². The molecular weight excluding hydrogens is 324 g/mol. The number of carbonyl (C=O) groups excluding carboxylic acids is 1. The van der Waals surface area contributed by atoms with Gasteiger partial charge in [-0.15, -0.1) is 0 Å². The van der Waals surface area contributed by atoms with Crippen LogP contribution in [0.3, 0.4) is 0 Å². The van der Waals surface area contributed by atoms with Gasteiger partial charge in [0, 0.05) is 6.42 Å². The van der Waals surface area contributed by atoms with Crippen LogP contribution in [0.25, 0.3) is 0 Å². The van der Waals surface area contributed by atoms with Crippen LogP contribution in [0.1, 0.15) is 12.0 Å². The van der Waals surface area contributed by atoms with Gasteiger partial charge in [-0.1, -0.05) is 42.0 Å². The van der Waals surface area contributed by atoms with Crippen molar-refractivity contribution in [2.45, 2.75) is 17.7 Å². The molecule has 2 aromatic carbocycles. The zero-order chi connectivity index (χ0) is 17.2. The van der Waals surface area contributed by atoms with Gasteiger partial charge in [0.15, 0.2) is 11.5 Å². The lowest BCUT2D eigenvalue weighted by Gasteiger charge is -2.14. The minimum atomic E-state index is -3.90. The van der Waals surface area contributed by atoms with Gasteiger partial charge in [-0.2, -0.15) is 0 Å². The third-order valence-electron chi connectivity index (χ3n) is 3.83. The standard InChI is InChI=1S/C19H15O4S/c20-16-7-9-17(10-8-16)24(22,23)19-11-6-15(13-18(19)21)12-14-4-2-1-3-5-14/h1-11H,12-13H2. The Kier molecular flexibility index (Phi) is 4.36. The van der Waals surface area contributed by atoms with Crippen LogP contribution in [-0.4, -0.2) is 14.2 Å². The van der Waals surface area contributed by atoms with E-state index in [4.69, 9.17) is 0 Å². The Hall–Kier alpha value is -2.66. The fourth-order valence-corrected chi connectivity index (χ4v) is 3.97. The van der Waals surface area contributed by atoms with Gasteiger partial charge in [0.2, 0.25) is 9.84 Å². The molecule has 5 heteroatoms. The number of sulfone groups is 1. The van der Waals surface area contributed by atoms with Crippen molar-refractivity contribution in [1.29, 1.82) is 0 Å². The first-order valence-corrected chi connectivity index (χ1v) is 8.94. The highest BCUT2D eigenvalue weighted by molar-refractivity contribution is 7.96. The molecule has 0 saturated heterocycles. The largest absolute Gasteiger partial charge is 0.293 e. The molecule has 0 heterocycles. The maximum absolute atomic E-state index is 12.6. The first-order chi connectivity index (χ1) is 11.5. The zero-order valence-electron chi connectivity index (χ0n) is 12.8. The molecule has 24 heavy (non-hydrogen) atoms. The molecule has 121 valence electrons. The Bertz CT molecular complexity index is 921. The molecule has 0 aromatic heterocycles. The Labute approximate surface area is 140 Å². The van der Waals surface area contributed by atoms with E-state index in [-0.39, 0.29) is 22.0 Å². The van der Waals surface area contributed by atoms with Crippen LogP contribution in [0, 0.1) is 0 Å². The smallest absolute Gasteiger partial charge is 0.210 e. The first kappa shape index (κ1) is 16.2. The monoisotopic (exact) mass is 339 g/mol. The van der Waals surface area contributed by atoms with E-state index >= 15 is 0 Å². The van der Waals surface area contributed by atoms with Gasteiger partial charge >= 0.3 is 0 Å². The number of allylic oxidation sites excluding steroid dienone is 4. The van der Waals surface area contributed by atoms with E-state index in [0.717, 1.165) is 11.1 Å². The summed E-state index contributed by atoms with van der Waals surface area (Å²) in [4.78, 5) is 12.1. The molecule has 2 aromatic rings. The predicted octanol–water partition coefficient (Wildman–Crippen LogP) is 3.63. The fraction of sp³-hybridized carbons (Fsp3) is 0.105. The van der Waals surface area contributed by atoms with Crippen molar-refractivity contribution < 1.29 is 18.3 Å². The average Bonchev–Trinajstić information content (AvgIpc) is 2.56. The van der Waals surface area contributed by atoms with Gasteiger partial charge in [0.1, 0.15) is 4.91 Å². The lowest BCUT2D eigenvalue weighted by atomic mass is 9.97. The fourth-order valence-electron chi connectivity index (χ4n) is 2.60.